The van der Waals surface area contributed by atoms with E-state index in [1.54, 1.807) is 37.6 Å². The van der Waals surface area contributed by atoms with Gasteiger partial charge in [0.25, 0.3) is 0 Å². The lowest BCUT2D eigenvalue weighted by atomic mass is 10.2. The first-order valence-electron chi connectivity index (χ1n) is 5.63. The van der Waals surface area contributed by atoms with Gasteiger partial charge < -0.3 is 4.52 Å². The zero-order valence-electron chi connectivity index (χ0n) is 10.1. The van der Waals surface area contributed by atoms with Gasteiger partial charge in [-0.25, -0.2) is 4.79 Å². The van der Waals surface area contributed by atoms with Crippen LogP contribution < -0.4 is 5.76 Å². The molecule has 3 aromatic heterocycles. The summed E-state index contributed by atoms with van der Waals surface area (Å²) in [6.45, 7) is 2.09. The average Bonchev–Trinajstić information content (AvgIpc) is 2.99. The minimum Gasteiger partial charge on any atom is -0.361 e. The number of pyridine rings is 1. The van der Waals surface area contributed by atoms with Crippen LogP contribution in [0.5, 0.6) is 0 Å². The van der Waals surface area contributed by atoms with E-state index in [1.807, 2.05) is 0 Å². The molecule has 96 valence electrons. The molecule has 0 saturated heterocycles. The van der Waals surface area contributed by atoms with Crippen LogP contribution in [0.1, 0.15) is 11.3 Å². The third-order valence-electron chi connectivity index (χ3n) is 2.80. The van der Waals surface area contributed by atoms with E-state index < -0.39 is 5.76 Å². The van der Waals surface area contributed by atoms with Crippen molar-refractivity contribution >= 4 is 0 Å². The van der Waals surface area contributed by atoms with Gasteiger partial charge in [-0.05, 0) is 19.1 Å². The molecule has 3 rings (SSSR count). The number of aryl methyl sites for hydroxylation is 1. The summed E-state index contributed by atoms with van der Waals surface area (Å²) in [5.41, 5.74) is 1.57. The Kier molecular flexibility index (Phi) is 2.71. The fourth-order valence-corrected chi connectivity index (χ4v) is 1.76. The lowest BCUT2D eigenvalue weighted by Crippen LogP contribution is -2.16. The second-order valence-electron chi connectivity index (χ2n) is 4.00. The van der Waals surface area contributed by atoms with Crippen molar-refractivity contribution in [3.05, 3.63) is 52.6 Å². The fourth-order valence-electron chi connectivity index (χ4n) is 1.76. The lowest BCUT2D eigenvalue weighted by Gasteiger charge is -2.02. The third kappa shape index (κ3) is 2.05. The van der Waals surface area contributed by atoms with E-state index in [1.165, 1.54) is 4.57 Å². The summed E-state index contributed by atoms with van der Waals surface area (Å²) in [7, 11) is 0. The standard InChI is InChI=1S/C12H10N4O3/c1-8-10(6-14-18-8)7-16-11(15-19-12(16)17)9-2-4-13-5-3-9/h2-6H,7H2,1H3. The number of hydrogen-bond acceptors (Lipinski definition) is 6. The quantitative estimate of drug-likeness (QED) is 0.702. The molecule has 0 aliphatic rings. The minimum atomic E-state index is -0.521. The molecule has 0 aliphatic carbocycles. The highest BCUT2D eigenvalue weighted by Crippen LogP contribution is 2.16. The van der Waals surface area contributed by atoms with Crippen molar-refractivity contribution in [3.63, 3.8) is 0 Å². The summed E-state index contributed by atoms with van der Waals surface area (Å²) in [5.74, 6) is 0.592. The zero-order chi connectivity index (χ0) is 13.2. The maximum Gasteiger partial charge on any atom is 0.442 e. The fraction of sp³-hybridized carbons (Fsp3) is 0.167. The van der Waals surface area contributed by atoms with E-state index in [2.05, 4.69) is 15.3 Å². The van der Waals surface area contributed by atoms with Crippen LogP contribution in [0.15, 0.2) is 44.6 Å². The van der Waals surface area contributed by atoms with Crippen molar-refractivity contribution in [2.75, 3.05) is 0 Å². The lowest BCUT2D eigenvalue weighted by molar-refractivity contribution is 0.377. The van der Waals surface area contributed by atoms with Crippen LogP contribution in [-0.4, -0.2) is 19.9 Å². The molecule has 19 heavy (non-hydrogen) atoms. The van der Waals surface area contributed by atoms with E-state index in [4.69, 9.17) is 9.05 Å². The molecule has 3 aromatic rings. The van der Waals surface area contributed by atoms with Gasteiger partial charge in [-0.2, -0.15) is 0 Å². The zero-order valence-corrected chi connectivity index (χ0v) is 10.1. The van der Waals surface area contributed by atoms with Crippen LogP contribution >= 0.6 is 0 Å². The molecule has 7 nitrogen and oxygen atoms in total. The Morgan fingerprint density at radius 3 is 2.74 bits per heavy atom. The van der Waals surface area contributed by atoms with Crippen LogP contribution in [0.2, 0.25) is 0 Å². The normalized spacial score (nSPS) is 10.8. The van der Waals surface area contributed by atoms with Gasteiger partial charge in [0.2, 0.25) is 0 Å². The average molecular weight is 258 g/mol. The predicted octanol–water partition coefficient (Wildman–Crippen LogP) is 1.24. The van der Waals surface area contributed by atoms with E-state index >= 15 is 0 Å². The maximum atomic E-state index is 11.7. The molecule has 0 atom stereocenters. The minimum absolute atomic E-state index is 0.301. The Morgan fingerprint density at radius 1 is 1.26 bits per heavy atom. The van der Waals surface area contributed by atoms with Gasteiger partial charge >= 0.3 is 5.76 Å². The van der Waals surface area contributed by atoms with Crippen LogP contribution in [0.25, 0.3) is 11.4 Å². The Morgan fingerprint density at radius 2 is 2.05 bits per heavy atom. The van der Waals surface area contributed by atoms with Gasteiger partial charge in [0, 0.05) is 23.5 Å². The van der Waals surface area contributed by atoms with E-state index in [0.717, 1.165) is 11.1 Å². The summed E-state index contributed by atoms with van der Waals surface area (Å²) >= 11 is 0. The summed E-state index contributed by atoms with van der Waals surface area (Å²) < 4.78 is 11.1. The Balaban J connectivity index is 2.05. The highest BCUT2D eigenvalue weighted by Gasteiger charge is 2.15. The van der Waals surface area contributed by atoms with Gasteiger partial charge in [-0.1, -0.05) is 10.3 Å². The van der Waals surface area contributed by atoms with Crippen molar-refractivity contribution in [2.24, 2.45) is 0 Å². The number of hydrogen-bond donors (Lipinski definition) is 0. The molecule has 3 heterocycles. The molecule has 0 bridgehead atoms. The van der Waals surface area contributed by atoms with Crippen molar-refractivity contribution < 1.29 is 9.05 Å². The summed E-state index contributed by atoms with van der Waals surface area (Å²) in [6.07, 6.45) is 4.83. The monoisotopic (exact) mass is 258 g/mol. The molecule has 0 unspecified atom stereocenters. The highest BCUT2D eigenvalue weighted by molar-refractivity contribution is 5.53. The molecule has 0 fully saturated rings. The Hall–Kier alpha value is -2.70. The third-order valence-corrected chi connectivity index (χ3v) is 2.80. The molecule has 0 spiro atoms. The Bertz CT molecular complexity index is 742. The smallest absolute Gasteiger partial charge is 0.361 e. The summed E-state index contributed by atoms with van der Waals surface area (Å²) in [5, 5.41) is 7.48. The second-order valence-corrected chi connectivity index (χ2v) is 4.00. The number of nitrogens with zero attached hydrogens (tertiary/aromatic N) is 4. The molecule has 0 amide bonds. The van der Waals surface area contributed by atoms with Crippen molar-refractivity contribution in [3.8, 4) is 11.4 Å². The summed E-state index contributed by atoms with van der Waals surface area (Å²) in [6, 6.07) is 3.52. The van der Waals surface area contributed by atoms with Gasteiger partial charge in [0.1, 0.15) is 5.76 Å². The van der Waals surface area contributed by atoms with Crippen molar-refractivity contribution in [2.45, 2.75) is 13.5 Å². The molecule has 0 saturated carbocycles. The van der Waals surface area contributed by atoms with Gasteiger partial charge in [0.15, 0.2) is 5.82 Å². The maximum absolute atomic E-state index is 11.7. The number of aromatic nitrogens is 4. The van der Waals surface area contributed by atoms with Crippen LogP contribution in [0.4, 0.5) is 0 Å². The molecule has 0 radical (unpaired) electrons. The van der Waals surface area contributed by atoms with Crippen molar-refractivity contribution in [1.29, 1.82) is 0 Å². The molecule has 0 N–H and O–H groups in total. The van der Waals surface area contributed by atoms with Crippen LogP contribution in [-0.2, 0) is 6.54 Å². The molecular weight excluding hydrogens is 248 g/mol. The number of rotatable bonds is 3. The second kappa shape index (κ2) is 4.52. The van der Waals surface area contributed by atoms with Gasteiger partial charge in [-0.15, -0.1) is 0 Å². The molecule has 0 aliphatic heterocycles. The SMILES string of the molecule is Cc1oncc1Cn1c(-c2ccncc2)noc1=O. The largest absolute Gasteiger partial charge is 0.442 e. The van der Waals surface area contributed by atoms with Gasteiger partial charge in [0.05, 0.1) is 12.7 Å². The van der Waals surface area contributed by atoms with E-state index in [0.29, 0.717) is 18.1 Å². The van der Waals surface area contributed by atoms with E-state index in [9.17, 15) is 4.79 Å². The topological polar surface area (TPSA) is 86.9 Å². The van der Waals surface area contributed by atoms with Crippen LogP contribution in [0.3, 0.4) is 0 Å². The highest BCUT2D eigenvalue weighted by atomic mass is 16.5. The first kappa shape index (κ1) is 11.4. The predicted molar refractivity (Wildman–Crippen MR) is 64.3 cm³/mol. The van der Waals surface area contributed by atoms with E-state index in [-0.39, 0.29) is 0 Å². The molecule has 0 aromatic carbocycles. The summed E-state index contributed by atoms with van der Waals surface area (Å²) in [4.78, 5) is 15.6. The van der Waals surface area contributed by atoms with Crippen molar-refractivity contribution in [1.82, 2.24) is 19.9 Å². The molecule has 7 heteroatoms. The molecular formula is C12H10N4O3. The van der Waals surface area contributed by atoms with Gasteiger partial charge in [-0.3, -0.25) is 14.1 Å². The Labute approximate surface area is 107 Å². The van der Waals surface area contributed by atoms with Crippen LogP contribution in [0, 0.1) is 6.92 Å². The first-order valence-corrected chi connectivity index (χ1v) is 5.63. The first-order chi connectivity index (χ1) is 9.25.